The smallest absolute Gasteiger partial charge is 0.258 e. The number of aromatic nitrogens is 1. The zero-order valence-corrected chi connectivity index (χ0v) is 14.7. The average molecular weight is 405 g/mol. The number of ether oxygens (including phenoxy) is 1. The fourth-order valence-electron chi connectivity index (χ4n) is 2.33. The highest BCUT2D eigenvalue weighted by Gasteiger charge is 2.10. The van der Waals surface area contributed by atoms with E-state index >= 15 is 0 Å². The molecule has 0 aliphatic rings. The Hall–Kier alpha value is -2.87. The lowest BCUT2D eigenvalue weighted by molar-refractivity contribution is 0.379. The molecular formula is C17H13BrN2O5. The summed E-state index contributed by atoms with van der Waals surface area (Å²) in [5.74, 6) is 0.175. The second kappa shape index (κ2) is 6.94. The van der Waals surface area contributed by atoms with E-state index in [1.54, 1.807) is 18.2 Å². The molecule has 8 heteroatoms. The van der Waals surface area contributed by atoms with Crippen molar-refractivity contribution in [1.29, 1.82) is 0 Å². The van der Waals surface area contributed by atoms with E-state index in [0.717, 1.165) is 4.47 Å². The summed E-state index contributed by atoms with van der Waals surface area (Å²) in [6.45, 7) is 0.0906. The molecule has 0 saturated heterocycles. The minimum atomic E-state index is -0.390. The standard InChI is InChI=1S/C17H13BrN2O5/c1-24-15-8-25-10(5-14(15)21)6-19-7-13-12-4-9(18)2-3-11(12)16(22)20-17(13)23/h2-5,7-8H,6H2,1H3,(H2,20,22,23). The largest absolute Gasteiger partial charge is 0.494 e. The molecule has 0 fully saturated rings. The topological polar surface area (TPSA) is 105 Å². The maximum atomic E-state index is 11.9. The quantitative estimate of drug-likeness (QED) is 0.650. The summed E-state index contributed by atoms with van der Waals surface area (Å²) in [5, 5.41) is 11.0. The van der Waals surface area contributed by atoms with E-state index in [-0.39, 0.29) is 23.6 Å². The Kier molecular flexibility index (Phi) is 4.71. The lowest BCUT2D eigenvalue weighted by Crippen LogP contribution is -2.08. The number of nitrogens with one attached hydrogen (secondary N) is 1. The molecule has 0 saturated carbocycles. The van der Waals surface area contributed by atoms with Crippen LogP contribution in [0.3, 0.4) is 0 Å². The van der Waals surface area contributed by atoms with Gasteiger partial charge < -0.3 is 14.3 Å². The van der Waals surface area contributed by atoms with Crippen LogP contribution in [-0.4, -0.2) is 23.4 Å². The van der Waals surface area contributed by atoms with Crippen molar-refractivity contribution in [2.75, 3.05) is 7.11 Å². The number of methoxy groups -OCH3 is 1. The van der Waals surface area contributed by atoms with Crippen molar-refractivity contribution in [2.45, 2.75) is 6.54 Å². The van der Waals surface area contributed by atoms with Crippen LogP contribution in [0.1, 0.15) is 11.3 Å². The third-order valence-corrected chi connectivity index (χ3v) is 4.04. The molecule has 0 radical (unpaired) electrons. The first kappa shape index (κ1) is 17.0. The summed E-state index contributed by atoms with van der Waals surface area (Å²) in [4.78, 5) is 30.2. The highest BCUT2D eigenvalue weighted by Crippen LogP contribution is 2.24. The number of halogens is 1. The fraction of sp³-hybridized carbons (Fsp3) is 0.118. The highest BCUT2D eigenvalue weighted by atomic mass is 79.9. The van der Waals surface area contributed by atoms with Crippen molar-refractivity contribution in [3.63, 3.8) is 0 Å². The molecule has 0 amide bonds. The molecule has 7 nitrogen and oxygen atoms in total. The van der Waals surface area contributed by atoms with Crippen LogP contribution in [0, 0.1) is 0 Å². The number of nitrogens with zero attached hydrogens (tertiary/aromatic N) is 1. The predicted molar refractivity (Wildman–Crippen MR) is 96.8 cm³/mol. The van der Waals surface area contributed by atoms with Crippen molar-refractivity contribution in [3.05, 3.63) is 66.9 Å². The third kappa shape index (κ3) is 3.48. The molecule has 0 spiro atoms. The summed E-state index contributed by atoms with van der Waals surface area (Å²) in [5.41, 5.74) is -0.328. The Bertz CT molecular complexity index is 1080. The Morgan fingerprint density at radius 2 is 2.12 bits per heavy atom. The first-order valence-corrected chi connectivity index (χ1v) is 7.99. The summed E-state index contributed by atoms with van der Waals surface area (Å²) in [7, 11) is 1.38. The molecule has 0 atom stereocenters. The van der Waals surface area contributed by atoms with Crippen molar-refractivity contribution in [1.82, 2.24) is 4.98 Å². The molecule has 0 bridgehead atoms. The second-order valence-electron chi connectivity index (χ2n) is 5.16. The number of hydrogen-bond acceptors (Lipinski definition) is 6. The van der Waals surface area contributed by atoms with E-state index in [9.17, 15) is 14.7 Å². The van der Waals surface area contributed by atoms with Gasteiger partial charge in [0.25, 0.3) is 5.56 Å². The molecule has 2 N–H and O–H groups in total. The van der Waals surface area contributed by atoms with Gasteiger partial charge in [-0.05, 0) is 18.2 Å². The van der Waals surface area contributed by atoms with Crippen LogP contribution >= 0.6 is 15.9 Å². The number of pyridine rings is 1. The van der Waals surface area contributed by atoms with Gasteiger partial charge in [-0.15, -0.1) is 0 Å². The van der Waals surface area contributed by atoms with Gasteiger partial charge in [0.2, 0.25) is 17.1 Å². The van der Waals surface area contributed by atoms with Crippen LogP contribution in [0.5, 0.6) is 11.6 Å². The molecule has 128 valence electrons. The van der Waals surface area contributed by atoms with Gasteiger partial charge in [-0.2, -0.15) is 0 Å². The molecular weight excluding hydrogens is 392 g/mol. The van der Waals surface area contributed by atoms with E-state index < -0.39 is 5.56 Å². The van der Waals surface area contributed by atoms with E-state index in [1.807, 2.05) is 0 Å². The molecule has 0 unspecified atom stereocenters. The number of rotatable bonds is 4. The number of aromatic hydroxyl groups is 1. The summed E-state index contributed by atoms with van der Waals surface area (Å²) >= 11 is 3.34. The Labute approximate surface area is 149 Å². The Morgan fingerprint density at radius 3 is 2.84 bits per heavy atom. The van der Waals surface area contributed by atoms with Gasteiger partial charge in [0, 0.05) is 27.5 Å². The number of aliphatic imine (C=N–C) groups is 1. The maximum absolute atomic E-state index is 11.9. The summed E-state index contributed by atoms with van der Waals surface area (Å²) in [6.07, 6.45) is 2.64. The minimum Gasteiger partial charge on any atom is -0.494 e. The van der Waals surface area contributed by atoms with Crippen LogP contribution < -0.4 is 15.7 Å². The normalized spacial score (nSPS) is 11.3. The van der Waals surface area contributed by atoms with Crippen LogP contribution in [0.4, 0.5) is 0 Å². The van der Waals surface area contributed by atoms with Gasteiger partial charge in [-0.1, -0.05) is 15.9 Å². The van der Waals surface area contributed by atoms with Gasteiger partial charge in [0.05, 0.1) is 19.2 Å². The summed E-state index contributed by atoms with van der Waals surface area (Å²) < 4.78 is 10.9. The van der Waals surface area contributed by atoms with Crippen LogP contribution in [0.25, 0.3) is 10.8 Å². The lowest BCUT2D eigenvalue weighted by atomic mass is 10.1. The number of benzene rings is 1. The number of aromatic amines is 1. The van der Waals surface area contributed by atoms with E-state index in [0.29, 0.717) is 22.1 Å². The SMILES string of the molecule is COc1coc(CN=Cc2c(O)[nH]c(=O)c3ccc(Br)cc23)cc1=O. The zero-order chi connectivity index (χ0) is 18.0. The number of hydrogen-bond donors (Lipinski definition) is 2. The molecule has 2 aromatic heterocycles. The minimum absolute atomic E-state index is 0.0906. The van der Waals surface area contributed by atoms with Crippen LogP contribution in [0.2, 0.25) is 0 Å². The molecule has 3 rings (SSSR count). The lowest BCUT2D eigenvalue weighted by Gasteiger charge is -2.05. The van der Waals surface area contributed by atoms with Gasteiger partial charge in [-0.3, -0.25) is 19.6 Å². The highest BCUT2D eigenvalue weighted by molar-refractivity contribution is 9.10. The summed E-state index contributed by atoms with van der Waals surface area (Å²) in [6, 6.07) is 6.40. The first-order chi connectivity index (χ1) is 12.0. The van der Waals surface area contributed by atoms with Gasteiger partial charge in [0.15, 0.2) is 0 Å². The van der Waals surface area contributed by atoms with Gasteiger partial charge >= 0.3 is 0 Å². The maximum Gasteiger partial charge on any atom is 0.258 e. The molecule has 1 aromatic carbocycles. The molecule has 25 heavy (non-hydrogen) atoms. The fourth-order valence-corrected chi connectivity index (χ4v) is 2.70. The van der Waals surface area contributed by atoms with Crippen molar-refractivity contribution in [2.24, 2.45) is 4.99 Å². The van der Waals surface area contributed by atoms with E-state index in [1.165, 1.54) is 25.7 Å². The van der Waals surface area contributed by atoms with E-state index in [2.05, 4.69) is 25.9 Å². The molecule has 3 aromatic rings. The van der Waals surface area contributed by atoms with Crippen molar-refractivity contribution < 1.29 is 14.3 Å². The zero-order valence-electron chi connectivity index (χ0n) is 13.1. The number of fused-ring (bicyclic) bond motifs is 1. The molecule has 2 heterocycles. The van der Waals surface area contributed by atoms with Crippen LogP contribution in [0.15, 0.2) is 54.0 Å². The van der Waals surface area contributed by atoms with Gasteiger partial charge in [0.1, 0.15) is 12.0 Å². The average Bonchev–Trinajstić information content (AvgIpc) is 2.57. The van der Waals surface area contributed by atoms with E-state index in [4.69, 9.17) is 9.15 Å². The monoisotopic (exact) mass is 404 g/mol. The number of H-pyrrole nitrogens is 1. The Morgan fingerprint density at radius 1 is 1.32 bits per heavy atom. The second-order valence-corrected chi connectivity index (χ2v) is 6.07. The van der Waals surface area contributed by atoms with Gasteiger partial charge in [-0.25, -0.2) is 0 Å². The predicted octanol–water partition coefficient (Wildman–Crippen LogP) is 2.58. The molecule has 0 aliphatic carbocycles. The molecule has 0 aliphatic heterocycles. The first-order valence-electron chi connectivity index (χ1n) is 7.19. The third-order valence-electron chi connectivity index (χ3n) is 3.54. The Balaban J connectivity index is 1.96. The van der Waals surface area contributed by atoms with Crippen LogP contribution in [-0.2, 0) is 6.54 Å². The van der Waals surface area contributed by atoms with Crippen molar-refractivity contribution in [3.8, 4) is 11.6 Å². The van der Waals surface area contributed by atoms with Crippen molar-refractivity contribution >= 4 is 32.9 Å².